The van der Waals surface area contributed by atoms with Gasteiger partial charge in [-0.1, -0.05) is 24.3 Å². The number of rotatable bonds is 9. The average Bonchev–Trinajstić information content (AvgIpc) is 3.39. The number of ether oxygens (including phenoxy) is 1. The molecule has 0 bridgehead atoms. The van der Waals surface area contributed by atoms with Crippen molar-refractivity contribution in [1.29, 1.82) is 5.26 Å². The normalized spacial score (nSPS) is 16.5. The predicted molar refractivity (Wildman–Crippen MR) is 142 cm³/mol. The lowest BCUT2D eigenvalue weighted by Gasteiger charge is -2.23. The number of aliphatic hydroxyl groups is 1. The van der Waals surface area contributed by atoms with Crippen LogP contribution in [-0.2, 0) is 13.0 Å². The second kappa shape index (κ2) is 10.9. The fourth-order valence-corrected chi connectivity index (χ4v) is 5.76. The number of nitrogens with zero attached hydrogens (tertiary/aromatic N) is 3. The molecular formula is C27H32N4O5S. The monoisotopic (exact) mass is 524 g/mol. The number of nitrogens with one attached hydrogen (secondary N) is 1. The predicted octanol–water partition coefficient (Wildman–Crippen LogP) is 4.44. The zero-order valence-corrected chi connectivity index (χ0v) is 21.9. The highest BCUT2D eigenvalue weighted by Gasteiger charge is 2.29. The third-order valence-corrected chi connectivity index (χ3v) is 7.73. The summed E-state index contributed by atoms with van der Waals surface area (Å²) >= 11 is 0. The molecule has 1 aliphatic rings. The molecule has 2 heterocycles. The van der Waals surface area contributed by atoms with E-state index in [-0.39, 0.29) is 23.6 Å². The molecule has 1 aromatic heterocycles. The molecule has 0 fully saturated rings. The zero-order valence-electron chi connectivity index (χ0n) is 21.1. The number of nitriles is 1. The second-order valence-corrected chi connectivity index (χ2v) is 11.7. The van der Waals surface area contributed by atoms with Crippen molar-refractivity contribution in [1.82, 2.24) is 14.9 Å². The van der Waals surface area contributed by atoms with E-state index in [4.69, 9.17) is 4.74 Å². The summed E-state index contributed by atoms with van der Waals surface area (Å²) in [5.41, 5.74) is 3.12. The number of benzene rings is 2. The third kappa shape index (κ3) is 6.32. The van der Waals surface area contributed by atoms with E-state index >= 15 is 0 Å². The number of imidazole rings is 1. The standard InChI is InChI=1S/C27H32N4O5S/c1-17(2)36-25-9-8-21(14-22(25)15-28)26(33)29-23(12-18(3)32)13-19-4-6-20(7-5-19)24-16-31-10-11-37(34,35)27(31)30-24/h4-9,14,16-18,23,32,34-35H,10-13H2,1-3H3,(H,29,33)/t18-,23?/m0/s1. The lowest BCUT2D eigenvalue weighted by Crippen LogP contribution is -2.38. The van der Waals surface area contributed by atoms with E-state index in [9.17, 15) is 24.3 Å². The molecule has 0 saturated carbocycles. The average molecular weight is 525 g/mol. The fraction of sp³-hybridized carbons (Fsp3) is 0.370. The van der Waals surface area contributed by atoms with Crippen LogP contribution in [0.15, 0.2) is 53.8 Å². The van der Waals surface area contributed by atoms with Gasteiger partial charge in [-0.25, -0.2) is 4.98 Å². The zero-order chi connectivity index (χ0) is 26.7. The summed E-state index contributed by atoms with van der Waals surface area (Å²) in [7, 11) is -2.81. The van der Waals surface area contributed by atoms with Gasteiger partial charge in [-0.2, -0.15) is 5.26 Å². The Kier molecular flexibility index (Phi) is 7.90. The van der Waals surface area contributed by atoms with E-state index < -0.39 is 16.7 Å². The SMILES string of the molecule is CC(C)Oc1ccc(C(=O)NC(Cc2ccc(-c3cn4c(n3)S(O)(O)CC4)cc2)C[C@H](C)O)cc1C#N. The second-order valence-electron chi connectivity index (χ2n) is 9.62. The minimum absolute atomic E-state index is 0.0952. The lowest BCUT2D eigenvalue weighted by molar-refractivity contribution is 0.0917. The number of fused-ring (bicyclic) bond motifs is 1. The van der Waals surface area contributed by atoms with E-state index in [1.165, 1.54) is 6.07 Å². The van der Waals surface area contributed by atoms with E-state index in [0.717, 1.165) is 11.1 Å². The molecule has 9 nitrogen and oxygen atoms in total. The maximum absolute atomic E-state index is 13.0. The van der Waals surface area contributed by atoms with Gasteiger partial charge in [-0.05, 0) is 57.4 Å². The molecule has 4 rings (SSSR count). The van der Waals surface area contributed by atoms with Crippen molar-refractivity contribution in [2.24, 2.45) is 0 Å². The van der Waals surface area contributed by atoms with E-state index in [2.05, 4.69) is 16.4 Å². The van der Waals surface area contributed by atoms with Crippen molar-refractivity contribution in [3.05, 3.63) is 65.4 Å². The summed E-state index contributed by atoms with van der Waals surface area (Å²) in [6.45, 7) is 5.95. The molecule has 0 radical (unpaired) electrons. The molecule has 37 heavy (non-hydrogen) atoms. The van der Waals surface area contributed by atoms with E-state index in [1.807, 2.05) is 44.3 Å². The van der Waals surface area contributed by atoms with Crippen LogP contribution >= 0.6 is 10.6 Å². The molecule has 0 spiro atoms. The summed E-state index contributed by atoms with van der Waals surface area (Å²) in [4.78, 5) is 17.4. The molecule has 2 aromatic carbocycles. The van der Waals surface area contributed by atoms with Crippen LogP contribution in [-0.4, -0.2) is 53.7 Å². The number of aryl methyl sites for hydroxylation is 1. The molecule has 0 aliphatic carbocycles. The molecule has 2 atom stereocenters. The van der Waals surface area contributed by atoms with Gasteiger partial charge in [-0.3, -0.25) is 13.9 Å². The van der Waals surface area contributed by atoms with Crippen LogP contribution in [0.25, 0.3) is 11.3 Å². The van der Waals surface area contributed by atoms with Gasteiger partial charge in [0.25, 0.3) is 5.91 Å². The quantitative estimate of drug-likeness (QED) is 0.324. The van der Waals surface area contributed by atoms with Gasteiger partial charge in [0.1, 0.15) is 11.8 Å². The summed E-state index contributed by atoms with van der Waals surface area (Å²) in [6.07, 6.45) is 1.97. The largest absolute Gasteiger partial charge is 0.490 e. The maximum Gasteiger partial charge on any atom is 0.251 e. The van der Waals surface area contributed by atoms with Crippen molar-refractivity contribution in [2.75, 3.05) is 5.75 Å². The van der Waals surface area contributed by atoms with Gasteiger partial charge in [-0.15, -0.1) is 10.6 Å². The van der Waals surface area contributed by atoms with Crippen LogP contribution in [0.3, 0.4) is 0 Å². The lowest BCUT2D eigenvalue weighted by atomic mass is 9.99. The smallest absolute Gasteiger partial charge is 0.251 e. The van der Waals surface area contributed by atoms with E-state index in [1.54, 1.807) is 23.6 Å². The molecule has 3 aromatic rings. The first kappa shape index (κ1) is 26.7. The van der Waals surface area contributed by atoms with Crippen LogP contribution in [0, 0.1) is 11.3 Å². The Morgan fingerprint density at radius 3 is 2.57 bits per heavy atom. The number of hydrogen-bond acceptors (Lipinski definition) is 7. The maximum atomic E-state index is 13.0. The Bertz CT molecular complexity index is 1310. The van der Waals surface area contributed by atoms with Crippen molar-refractivity contribution >= 4 is 16.5 Å². The Morgan fingerprint density at radius 2 is 1.95 bits per heavy atom. The number of amides is 1. The van der Waals surface area contributed by atoms with Crippen LogP contribution < -0.4 is 10.1 Å². The topological polar surface area (TPSA) is 141 Å². The molecule has 10 heteroatoms. The highest BCUT2D eigenvalue weighted by atomic mass is 32.3. The first-order valence-corrected chi connectivity index (χ1v) is 13.9. The molecule has 1 aliphatic heterocycles. The number of aromatic nitrogens is 2. The van der Waals surface area contributed by atoms with Crippen molar-refractivity contribution in [3.8, 4) is 23.1 Å². The summed E-state index contributed by atoms with van der Waals surface area (Å²) < 4.78 is 27.7. The van der Waals surface area contributed by atoms with Gasteiger partial charge >= 0.3 is 0 Å². The van der Waals surface area contributed by atoms with Crippen molar-refractivity contribution < 1.29 is 23.7 Å². The first-order valence-electron chi connectivity index (χ1n) is 12.2. The molecular weight excluding hydrogens is 492 g/mol. The molecule has 0 saturated heterocycles. The van der Waals surface area contributed by atoms with Gasteiger partial charge in [0.2, 0.25) is 5.16 Å². The Morgan fingerprint density at radius 1 is 1.22 bits per heavy atom. The van der Waals surface area contributed by atoms with Crippen LogP contribution in [0.5, 0.6) is 5.75 Å². The van der Waals surface area contributed by atoms with Crippen LogP contribution in [0.2, 0.25) is 0 Å². The van der Waals surface area contributed by atoms with Crippen molar-refractivity contribution in [2.45, 2.75) is 63.6 Å². The highest BCUT2D eigenvalue weighted by Crippen LogP contribution is 2.51. The Hall–Kier alpha value is -3.36. The molecule has 1 amide bonds. The van der Waals surface area contributed by atoms with Gasteiger partial charge in [0.05, 0.1) is 29.2 Å². The van der Waals surface area contributed by atoms with Gasteiger partial charge < -0.3 is 19.7 Å². The Labute approximate surface area is 218 Å². The minimum Gasteiger partial charge on any atom is -0.490 e. The molecule has 196 valence electrons. The first-order chi connectivity index (χ1) is 17.6. The van der Waals surface area contributed by atoms with E-state index in [0.29, 0.717) is 47.3 Å². The molecule has 1 unspecified atom stereocenters. The number of carbonyl (C=O) groups is 1. The third-order valence-electron chi connectivity index (χ3n) is 6.07. The number of aliphatic hydroxyl groups excluding tert-OH is 1. The summed E-state index contributed by atoms with van der Waals surface area (Å²) in [5.74, 6) is 0.405. The number of carbonyl (C=O) groups excluding carboxylic acids is 1. The molecule has 4 N–H and O–H groups in total. The van der Waals surface area contributed by atoms with Crippen molar-refractivity contribution in [3.63, 3.8) is 0 Å². The van der Waals surface area contributed by atoms with Gasteiger partial charge in [0, 0.05) is 29.9 Å². The highest BCUT2D eigenvalue weighted by molar-refractivity contribution is 8.24. The van der Waals surface area contributed by atoms with Crippen LogP contribution in [0.4, 0.5) is 0 Å². The minimum atomic E-state index is -2.81. The Balaban J connectivity index is 1.46. The van der Waals surface area contributed by atoms with Crippen LogP contribution in [0.1, 0.15) is 48.7 Å². The summed E-state index contributed by atoms with van der Waals surface area (Å²) in [6, 6.07) is 14.2. The van der Waals surface area contributed by atoms with Gasteiger partial charge in [0.15, 0.2) is 0 Å². The summed E-state index contributed by atoms with van der Waals surface area (Å²) in [5, 5.41) is 22.8. The fourth-order valence-electron chi connectivity index (χ4n) is 4.36. The number of hydrogen-bond donors (Lipinski definition) is 4.